The summed E-state index contributed by atoms with van der Waals surface area (Å²) in [6.07, 6.45) is 1.96. The lowest BCUT2D eigenvalue weighted by molar-refractivity contribution is -0.138. The molecule has 0 aliphatic rings. The molecule has 0 radical (unpaired) electrons. The first-order valence-corrected chi connectivity index (χ1v) is 4.25. The van der Waals surface area contributed by atoms with Gasteiger partial charge in [0.1, 0.15) is 5.76 Å². The Labute approximate surface area is 84.3 Å². The van der Waals surface area contributed by atoms with Gasteiger partial charge in [-0.1, -0.05) is 0 Å². The van der Waals surface area contributed by atoms with Crippen molar-refractivity contribution in [1.82, 2.24) is 20.2 Å². The van der Waals surface area contributed by atoms with E-state index in [-0.39, 0.29) is 6.54 Å². The van der Waals surface area contributed by atoms with E-state index in [1.165, 1.54) is 0 Å². The van der Waals surface area contributed by atoms with Crippen LogP contribution in [-0.2, 0) is 17.8 Å². The molecule has 2 rings (SSSR count). The van der Waals surface area contributed by atoms with Gasteiger partial charge in [-0.25, -0.2) is 0 Å². The van der Waals surface area contributed by atoms with Gasteiger partial charge < -0.3 is 9.52 Å². The van der Waals surface area contributed by atoms with Gasteiger partial charge in [0.25, 0.3) is 0 Å². The molecule has 0 unspecified atom stereocenters. The number of aromatic nitrogens is 4. The van der Waals surface area contributed by atoms with Crippen LogP contribution in [0.25, 0.3) is 0 Å². The minimum atomic E-state index is -1.00. The van der Waals surface area contributed by atoms with Crippen LogP contribution in [0.5, 0.6) is 0 Å². The Balaban J connectivity index is 2.04. The fourth-order valence-corrected chi connectivity index (χ4v) is 1.10. The first-order valence-electron chi connectivity index (χ1n) is 4.25. The molecule has 2 heterocycles. The molecule has 0 aromatic carbocycles. The number of carboxylic acid groups (broad SMARTS) is 1. The highest BCUT2D eigenvalue weighted by Crippen LogP contribution is 2.04. The van der Waals surface area contributed by atoms with Crippen molar-refractivity contribution in [3.63, 3.8) is 0 Å². The lowest BCUT2D eigenvalue weighted by atomic mass is 10.3. The van der Waals surface area contributed by atoms with Crippen LogP contribution >= 0.6 is 0 Å². The van der Waals surface area contributed by atoms with Crippen LogP contribution in [0.3, 0.4) is 0 Å². The van der Waals surface area contributed by atoms with E-state index in [0.29, 0.717) is 18.0 Å². The van der Waals surface area contributed by atoms with E-state index in [2.05, 4.69) is 15.4 Å². The Morgan fingerprint density at radius 1 is 1.60 bits per heavy atom. The first-order chi connectivity index (χ1) is 7.24. The highest BCUT2D eigenvalue weighted by atomic mass is 16.4. The van der Waals surface area contributed by atoms with E-state index in [9.17, 15) is 4.79 Å². The molecule has 0 saturated heterocycles. The second-order valence-electron chi connectivity index (χ2n) is 2.89. The monoisotopic (exact) mass is 208 g/mol. The maximum atomic E-state index is 10.3. The van der Waals surface area contributed by atoms with Crippen molar-refractivity contribution in [3.8, 4) is 0 Å². The number of carboxylic acids is 1. The Bertz CT molecular complexity index is 448. The summed E-state index contributed by atoms with van der Waals surface area (Å²) >= 11 is 0. The van der Waals surface area contributed by atoms with Gasteiger partial charge in [0.15, 0.2) is 12.4 Å². The van der Waals surface area contributed by atoms with Crippen molar-refractivity contribution < 1.29 is 14.3 Å². The minimum Gasteiger partial charge on any atom is -0.480 e. The number of rotatable bonds is 4. The molecule has 0 atom stereocenters. The molecule has 0 aliphatic carbocycles. The summed E-state index contributed by atoms with van der Waals surface area (Å²) in [6, 6.07) is 3.55. The zero-order valence-corrected chi connectivity index (χ0v) is 7.70. The van der Waals surface area contributed by atoms with E-state index in [0.717, 1.165) is 4.80 Å². The average molecular weight is 208 g/mol. The smallest absolute Gasteiger partial charge is 0.327 e. The molecule has 2 aromatic rings. The summed E-state index contributed by atoms with van der Waals surface area (Å²) < 4.78 is 5.09. The molecule has 7 nitrogen and oxygen atoms in total. The highest BCUT2D eigenvalue weighted by Gasteiger charge is 2.07. The number of furan rings is 1. The van der Waals surface area contributed by atoms with Crippen molar-refractivity contribution in [2.75, 3.05) is 0 Å². The van der Waals surface area contributed by atoms with Crippen LogP contribution in [-0.4, -0.2) is 31.3 Å². The molecular weight excluding hydrogens is 200 g/mol. The normalized spacial score (nSPS) is 10.4. The molecule has 0 saturated carbocycles. The quantitative estimate of drug-likeness (QED) is 0.756. The maximum Gasteiger partial charge on any atom is 0.327 e. The molecule has 0 spiro atoms. The zero-order chi connectivity index (χ0) is 10.7. The lowest BCUT2D eigenvalue weighted by Crippen LogP contribution is -2.11. The third-order valence-corrected chi connectivity index (χ3v) is 1.68. The van der Waals surface area contributed by atoms with Gasteiger partial charge in [-0.3, -0.25) is 4.79 Å². The van der Waals surface area contributed by atoms with E-state index in [4.69, 9.17) is 9.52 Å². The SMILES string of the molecule is O=C(O)Cn1nnc(Cc2ccco2)n1. The van der Waals surface area contributed by atoms with Crippen molar-refractivity contribution >= 4 is 5.97 Å². The summed E-state index contributed by atoms with van der Waals surface area (Å²) in [5, 5.41) is 19.7. The Kier molecular flexibility index (Phi) is 2.44. The summed E-state index contributed by atoms with van der Waals surface area (Å²) in [4.78, 5) is 11.4. The Morgan fingerprint density at radius 3 is 3.13 bits per heavy atom. The number of carbonyl (C=O) groups is 1. The van der Waals surface area contributed by atoms with Crippen molar-refractivity contribution in [2.24, 2.45) is 0 Å². The van der Waals surface area contributed by atoms with Crippen LogP contribution in [0, 0.1) is 0 Å². The molecular formula is C8H8N4O3. The summed E-state index contributed by atoms with van der Waals surface area (Å²) in [5.41, 5.74) is 0. The molecule has 78 valence electrons. The third-order valence-electron chi connectivity index (χ3n) is 1.68. The number of hydrogen-bond donors (Lipinski definition) is 1. The lowest BCUT2D eigenvalue weighted by Gasteiger charge is -1.90. The number of aliphatic carboxylic acids is 1. The summed E-state index contributed by atoms with van der Waals surface area (Å²) in [5.74, 6) is 0.146. The number of tetrazole rings is 1. The molecule has 2 aromatic heterocycles. The van der Waals surface area contributed by atoms with Gasteiger partial charge in [-0.05, 0) is 17.3 Å². The van der Waals surface area contributed by atoms with Gasteiger partial charge in [-0.15, -0.1) is 10.2 Å². The predicted molar refractivity (Wildman–Crippen MR) is 47.0 cm³/mol. The molecule has 0 fully saturated rings. The van der Waals surface area contributed by atoms with E-state index in [1.54, 1.807) is 18.4 Å². The van der Waals surface area contributed by atoms with Gasteiger partial charge in [0, 0.05) is 0 Å². The third kappa shape index (κ3) is 2.39. The standard InChI is InChI=1S/C8H8N4O3/c13-8(14)5-12-10-7(9-11-12)4-6-2-1-3-15-6/h1-3H,4-5H2,(H,13,14). The van der Waals surface area contributed by atoms with Gasteiger partial charge >= 0.3 is 5.97 Å². The topological polar surface area (TPSA) is 94.0 Å². The predicted octanol–water partition coefficient (Wildman–Crippen LogP) is -0.0585. The first kappa shape index (κ1) is 9.38. The Hall–Kier alpha value is -2.18. The van der Waals surface area contributed by atoms with Crippen molar-refractivity contribution in [1.29, 1.82) is 0 Å². The summed E-state index contributed by atoms with van der Waals surface area (Å²) in [7, 11) is 0. The fraction of sp³-hybridized carbons (Fsp3) is 0.250. The van der Waals surface area contributed by atoms with Crippen LogP contribution in [0.1, 0.15) is 11.6 Å². The molecule has 0 aliphatic heterocycles. The van der Waals surface area contributed by atoms with E-state index >= 15 is 0 Å². The maximum absolute atomic E-state index is 10.3. The average Bonchev–Trinajstić information content (AvgIpc) is 2.77. The summed E-state index contributed by atoms with van der Waals surface area (Å²) in [6.45, 7) is -0.287. The molecule has 0 bridgehead atoms. The molecule has 7 heteroatoms. The largest absolute Gasteiger partial charge is 0.480 e. The van der Waals surface area contributed by atoms with E-state index in [1.807, 2.05) is 0 Å². The number of nitrogens with zero attached hydrogens (tertiary/aromatic N) is 4. The minimum absolute atomic E-state index is 0.287. The highest BCUT2D eigenvalue weighted by molar-refractivity contribution is 5.66. The van der Waals surface area contributed by atoms with Gasteiger partial charge in [-0.2, -0.15) is 4.80 Å². The Morgan fingerprint density at radius 2 is 2.47 bits per heavy atom. The van der Waals surface area contributed by atoms with E-state index < -0.39 is 5.97 Å². The molecule has 0 amide bonds. The number of hydrogen-bond acceptors (Lipinski definition) is 5. The van der Waals surface area contributed by atoms with Gasteiger partial charge in [0.05, 0.1) is 12.7 Å². The van der Waals surface area contributed by atoms with Crippen LogP contribution in [0.4, 0.5) is 0 Å². The van der Waals surface area contributed by atoms with Crippen LogP contribution < -0.4 is 0 Å². The fourth-order valence-electron chi connectivity index (χ4n) is 1.10. The van der Waals surface area contributed by atoms with Crippen LogP contribution in [0.15, 0.2) is 22.8 Å². The van der Waals surface area contributed by atoms with Gasteiger partial charge in [0.2, 0.25) is 0 Å². The zero-order valence-electron chi connectivity index (χ0n) is 7.70. The second-order valence-corrected chi connectivity index (χ2v) is 2.89. The molecule has 1 N–H and O–H groups in total. The van der Waals surface area contributed by atoms with Crippen molar-refractivity contribution in [2.45, 2.75) is 13.0 Å². The van der Waals surface area contributed by atoms with Crippen molar-refractivity contribution in [3.05, 3.63) is 30.0 Å². The second kappa shape index (κ2) is 3.91. The van der Waals surface area contributed by atoms with Crippen LogP contribution in [0.2, 0.25) is 0 Å². The molecule has 15 heavy (non-hydrogen) atoms.